The molecule has 2 rings (SSSR count). The Balaban J connectivity index is 2.35. The van der Waals surface area contributed by atoms with Gasteiger partial charge < -0.3 is 9.84 Å². The van der Waals surface area contributed by atoms with Gasteiger partial charge in [0.2, 0.25) is 0 Å². The number of aliphatic hydroxyl groups excluding tert-OH is 1. The van der Waals surface area contributed by atoms with Crippen molar-refractivity contribution in [1.29, 1.82) is 0 Å². The summed E-state index contributed by atoms with van der Waals surface area (Å²) in [5.41, 5.74) is -0.447. The maximum atomic E-state index is 11.6. The van der Waals surface area contributed by atoms with E-state index in [0.717, 1.165) is 0 Å². The van der Waals surface area contributed by atoms with E-state index in [-0.39, 0.29) is 6.61 Å². The Hall–Kier alpha value is -1.66. The van der Waals surface area contributed by atoms with E-state index >= 15 is 0 Å². The van der Waals surface area contributed by atoms with Crippen molar-refractivity contribution < 1.29 is 9.84 Å². The second-order valence-corrected chi connectivity index (χ2v) is 3.95. The molecule has 0 saturated carbocycles. The van der Waals surface area contributed by atoms with Gasteiger partial charge in [-0.3, -0.25) is 14.3 Å². The molecule has 17 heavy (non-hydrogen) atoms. The minimum atomic E-state index is -0.502. The van der Waals surface area contributed by atoms with Crippen LogP contribution in [0.1, 0.15) is 18.2 Å². The molecule has 2 heterocycles. The van der Waals surface area contributed by atoms with Gasteiger partial charge in [0.25, 0.3) is 5.56 Å². The molecule has 1 aliphatic heterocycles. The number of nitrogens with one attached hydrogen (secondary N) is 1. The zero-order valence-electron chi connectivity index (χ0n) is 9.42. The third-order valence-corrected chi connectivity index (χ3v) is 2.66. The molecule has 0 aliphatic carbocycles. The molecule has 0 saturated heterocycles. The van der Waals surface area contributed by atoms with Crippen molar-refractivity contribution in [2.45, 2.75) is 25.7 Å². The Kier molecular flexibility index (Phi) is 3.26. The lowest BCUT2D eigenvalue weighted by Crippen LogP contribution is -2.36. The highest BCUT2D eigenvalue weighted by Gasteiger charge is 2.20. The van der Waals surface area contributed by atoms with E-state index in [1.54, 1.807) is 13.0 Å². The van der Waals surface area contributed by atoms with Gasteiger partial charge in [-0.15, -0.1) is 0 Å². The second-order valence-electron chi connectivity index (χ2n) is 3.95. The molecule has 0 radical (unpaired) electrons. The van der Waals surface area contributed by atoms with Crippen LogP contribution >= 0.6 is 0 Å². The first-order chi connectivity index (χ1) is 8.11. The first kappa shape index (κ1) is 11.8. The van der Waals surface area contributed by atoms with Crippen LogP contribution in [0.3, 0.4) is 0 Å². The molecule has 6 heteroatoms. The fourth-order valence-electron chi connectivity index (χ4n) is 1.73. The van der Waals surface area contributed by atoms with Crippen LogP contribution < -0.4 is 11.2 Å². The third kappa shape index (κ3) is 2.37. The van der Waals surface area contributed by atoms with Gasteiger partial charge in [0.1, 0.15) is 12.3 Å². The van der Waals surface area contributed by atoms with Crippen molar-refractivity contribution in [1.82, 2.24) is 9.55 Å². The van der Waals surface area contributed by atoms with Crippen molar-refractivity contribution in [2.75, 3.05) is 6.61 Å². The standard InChI is InChI=1S/C11H14N2O4/c1-7-5-13(11(16)12-10(7)15)9-4-2-3-8(6-14)17-9/h2-3,5,8-9,14H,4,6H2,1H3,(H,12,15,16)/t8-,9+/m0/s1. The highest BCUT2D eigenvalue weighted by atomic mass is 16.5. The molecule has 2 N–H and O–H groups in total. The normalized spacial score (nSPS) is 23.9. The summed E-state index contributed by atoms with van der Waals surface area (Å²) in [5.74, 6) is 0. The highest BCUT2D eigenvalue weighted by Crippen LogP contribution is 2.19. The van der Waals surface area contributed by atoms with Crippen LogP contribution in [0, 0.1) is 6.92 Å². The Morgan fingerprint density at radius 2 is 2.35 bits per heavy atom. The van der Waals surface area contributed by atoms with Gasteiger partial charge in [-0.2, -0.15) is 0 Å². The SMILES string of the molecule is Cc1cn([C@H]2CC=C[C@@H](CO)O2)c(=O)[nH]c1=O. The quantitative estimate of drug-likeness (QED) is 0.692. The van der Waals surface area contributed by atoms with Crippen molar-refractivity contribution in [2.24, 2.45) is 0 Å². The Labute approximate surface area is 97.2 Å². The predicted octanol–water partition coefficient (Wildman–Crippen LogP) is -0.319. The van der Waals surface area contributed by atoms with Gasteiger partial charge in [-0.25, -0.2) is 4.79 Å². The minimum Gasteiger partial charge on any atom is -0.393 e. The number of aromatic nitrogens is 2. The molecule has 0 spiro atoms. The minimum absolute atomic E-state index is 0.135. The molecule has 1 aromatic heterocycles. The van der Waals surface area contributed by atoms with Crippen LogP contribution in [0.5, 0.6) is 0 Å². The van der Waals surface area contributed by atoms with Gasteiger partial charge in [-0.1, -0.05) is 12.2 Å². The van der Waals surface area contributed by atoms with Crippen molar-refractivity contribution in [3.63, 3.8) is 0 Å². The number of H-pyrrole nitrogens is 1. The van der Waals surface area contributed by atoms with Crippen LogP contribution in [0.25, 0.3) is 0 Å². The number of hydrogen-bond acceptors (Lipinski definition) is 4. The van der Waals surface area contributed by atoms with Crippen LogP contribution in [0.4, 0.5) is 0 Å². The van der Waals surface area contributed by atoms with E-state index in [1.807, 2.05) is 6.08 Å². The van der Waals surface area contributed by atoms with E-state index in [0.29, 0.717) is 12.0 Å². The zero-order chi connectivity index (χ0) is 12.4. The second kappa shape index (κ2) is 4.68. The number of nitrogens with zero attached hydrogens (tertiary/aromatic N) is 1. The molecule has 2 atom stereocenters. The van der Waals surface area contributed by atoms with E-state index in [4.69, 9.17) is 9.84 Å². The van der Waals surface area contributed by atoms with Crippen LogP contribution in [0.15, 0.2) is 27.9 Å². The molecular formula is C11H14N2O4. The topological polar surface area (TPSA) is 84.3 Å². The number of hydrogen-bond donors (Lipinski definition) is 2. The first-order valence-electron chi connectivity index (χ1n) is 5.37. The molecule has 0 fully saturated rings. The fraction of sp³-hybridized carbons (Fsp3) is 0.455. The molecule has 1 aromatic rings. The first-order valence-corrected chi connectivity index (χ1v) is 5.37. The summed E-state index contributed by atoms with van der Waals surface area (Å²) in [5, 5.41) is 9.00. The zero-order valence-corrected chi connectivity index (χ0v) is 9.42. The Morgan fingerprint density at radius 3 is 3.06 bits per heavy atom. The van der Waals surface area contributed by atoms with E-state index < -0.39 is 23.6 Å². The van der Waals surface area contributed by atoms with Gasteiger partial charge in [-0.05, 0) is 6.92 Å². The summed E-state index contributed by atoms with van der Waals surface area (Å²) in [6.07, 6.45) is 4.71. The van der Waals surface area contributed by atoms with Gasteiger partial charge in [0, 0.05) is 18.2 Å². The number of ether oxygens (including phenoxy) is 1. The summed E-state index contributed by atoms with van der Waals surface area (Å²) in [7, 11) is 0. The lowest BCUT2D eigenvalue weighted by atomic mass is 10.2. The monoisotopic (exact) mass is 238 g/mol. The van der Waals surface area contributed by atoms with Gasteiger partial charge in [0.05, 0.1) is 6.61 Å². The van der Waals surface area contributed by atoms with Crippen molar-refractivity contribution in [3.8, 4) is 0 Å². The molecule has 0 aromatic carbocycles. The van der Waals surface area contributed by atoms with Crippen molar-refractivity contribution >= 4 is 0 Å². The maximum Gasteiger partial charge on any atom is 0.330 e. The number of aryl methyl sites for hydroxylation is 1. The summed E-state index contributed by atoms with van der Waals surface area (Å²) in [6, 6.07) is 0. The van der Waals surface area contributed by atoms with Crippen LogP contribution in [0.2, 0.25) is 0 Å². The number of aromatic amines is 1. The smallest absolute Gasteiger partial charge is 0.330 e. The van der Waals surface area contributed by atoms with E-state index in [2.05, 4.69) is 4.98 Å². The average Bonchev–Trinajstić information content (AvgIpc) is 2.34. The largest absolute Gasteiger partial charge is 0.393 e. The van der Waals surface area contributed by atoms with E-state index in [9.17, 15) is 9.59 Å². The average molecular weight is 238 g/mol. The Bertz CT molecular complexity index is 543. The van der Waals surface area contributed by atoms with E-state index in [1.165, 1.54) is 10.8 Å². The molecule has 0 amide bonds. The molecule has 0 unspecified atom stereocenters. The van der Waals surface area contributed by atoms with Crippen LogP contribution in [-0.2, 0) is 4.74 Å². The lowest BCUT2D eigenvalue weighted by Gasteiger charge is -2.26. The fourth-order valence-corrected chi connectivity index (χ4v) is 1.73. The molecule has 92 valence electrons. The molecule has 0 bridgehead atoms. The maximum absolute atomic E-state index is 11.6. The number of aliphatic hydroxyl groups is 1. The van der Waals surface area contributed by atoms with Gasteiger partial charge in [0.15, 0.2) is 0 Å². The molecule has 1 aliphatic rings. The summed E-state index contributed by atoms with van der Waals surface area (Å²) in [4.78, 5) is 25.1. The van der Waals surface area contributed by atoms with Crippen molar-refractivity contribution in [3.05, 3.63) is 44.8 Å². The summed E-state index contributed by atoms with van der Waals surface area (Å²) < 4.78 is 6.84. The highest BCUT2D eigenvalue weighted by molar-refractivity contribution is 5.03. The lowest BCUT2D eigenvalue weighted by molar-refractivity contribution is -0.0609. The molecular weight excluding hydrogens is 224 g/mol. The number of rotatable bonds is 2. The third-order valence-electron chi connectivity index (χ3n) is 2.66. The molecule has 6 nitrogen and oxygen atoms in total. The van der Waals surface area contributed by atoms with Gasteiger partial charge >= 0.3 is 5.69 Å². The predicted molar refractivity (Wildman–Crippen MR) is 60.8 cm³/mol. The summed E-state index contributed by atoms with van der Waals surface area (Å²) >= 11 is 0. The van der Waals surface area contributed by atoms with Crippen LogP contribution in [-0.4, -0.2) is 27.4 Å². The Morgan fingerprint density at radius 1 is 1.59 bits per heavy atom. The summed E-state index contributed by atoms with van der Waals surface area (Å²) in [6.45, 7) is 1.49.